The summed E-state index contributed by atoms with van der Waals surface area (Å²) in [4.78, 5) is 12.1. The molecule has 10 heteroatoms. The van der Waals surface area contributed by atoms with Gasteiger partial charge >= 0.3 is 5.76 Å². The molecular formula is C19H21F2N3O4S. The van der Waals surface area contributed by atoms with Gasteiger partial charge in [-0.05, 0) is 23.6 Å². The summed E-state index contributed by atoms with van der Waals surface area (Å²) < 4.78 is 48.8. The van der Waals surface area contributed by atoms with E-state index >= 15 is 0 Å². The first-order chi connectivity index (χ1) is 13.7. The Labute approximate surface area is 167 Å². The van der Waals surface area contributed by atoms with Gasteiger partial charge in [0.25, 0.3) is 5.69 Å². The van der Waals surface area contributed by atoms with Crippen LogP contribution in [0.4, 0.5) is 20.2 Å². The molecule has 29 heavy (non-hydrogen) atoms. The molecule has 1 fully saturated rings. The zero-order chi connectivity index (χ0) is 21.2. The van der Waals surface area contributed by atoms with Gasteiger partial charge in [-0.1, -0.05) is 37.3 Å². The molecule has 1 aliphatic rings. The van der Waals surface area contributed by atoms with E-state index < -0.39 is 31.1 Å². The van der Waals surface area contributed by atoms with Crippen LogP contribution >= 0.6 is 0 Å². The van der Waals surface area contributed by atoms with Gasteiger partial charge in [0.05, 0.1) is 9.82 Å². The smallest absolute Gasteiger partial charge is 0.341 e. The van der Waals surface area contributed by atoms with Gasteiger partial charge in [-0.25, -0.2) is 8.42 Å². The Morgan fingerprint density at radius 3 is 2.52 bits per heavy atom. The number of sulfone groups is 1. The van der Waals surface area contributed by atoms with Gasteiger partial charge in [0, 0.05) is 31.7 Å². The minimum atomic E-state index is -4.90. The fourth-order valence-corrected chi connectivity index (χ4v) is 4.23. The van der Waals surface area contributed by atoms with Crippen LogP contribution in [0.5, 0.6) is 0 Å². The average molecular weight is 425 g/mol. The van der Waals surface area contributed by atoms with Crippen LogP contribution in [0.1, 0.15) is 12.5 Å². The third kappa shape index (κ3) is 4.70. The Bertz CT molecular complexity index is 986. The molecule has 0 aromatic heterocycles. The van der Waals surface area contributed by atoms with Crippen LogP contribution in [-0.4, -0.2) is 43.1 Å². The molecule has 1 heterocycles. The Balaban J connectivity index is 1.78. The quantitative estimate of drug-likeness (QED) is 0.539. The predicted octanol–water partition coefficient (Wildman–Crippen LogP) is 3.52. The lowest BCUT2D eigenvalue weighted by molar-refractivity contribution is -0.384. The summed E-state index contributed by atoms with van der Waals surface area (Å²) in [7, 11) is -4.90. The van der Waals surface area contributed by atoms with E-state index in [1.807, 2.05) is 37.3 Å². The van der Waals surface area contributed by atoms with E-state index in [9.17, 15) is 27.3 Å². The lowest BCUT2D eigenvalue weighted by Gasteiger charge is -2.19. The zero-order valence-electron chi connectivity index (χ0n) is 15.7. The van der Waals surface area contributed by atoms with Crippen molar-refractivity contribution in [2.24, 2.45) is 5.92 Å². The molecular weight excluding hydrogens is 404 g/mol. The molecule has 0 amide bonds. The Morgan fingerprint density at radius 2 is 1.90 bits per heavy atom. The summed E-state index contributed by atoms with van der Waals surface area (Å²) in [5, 5.41) is 14.5. The molecule has 1 saturated heterocycles. The number of nitrogens with zero attached hydrogens (tertiary/aromatic N) is 2. The van der Waals surface area contributed by atoms with Gasteiger partial charge in [-0.15, -0.1) is 0 Å². The molecule has 3 rings (SSSR count). The minimum absolute atomic E-state index is 0.102. The van der Waals surface area contributed by atoms with E-state index in [4.69, 9.17) is 0 Å². The van der Waals surface area contributed by atoms with Crippen LogP contribution in [0.3, 0.4) is 0 Å². The molecule has 2 aromatic carbocycles. The summed E-state index contributed by atoms with van der Waals surface area (Å²) >= 11 is 0. The lowest BCUT2D eigenvalue weighted by atomic mass is 10.1. The predicted molar refractivity (Wildman–Crippen MR) is 105 cm³/mol. The number of nitrogens with one attached hydrogen (secondary N) is 1. The van der Waals surface area contributed by atoms with Gasteiger partial charge in [0.2, 0.25) is 9.84 Å². The highest BCUT2D eigenvalue weighted by Crippen LogP contribution is 2.32. The van der Waals surface area contributed by atoms with E-state index in [-0.39, 0.29) is 17.6 Å². The number of hydrogen-bond donors (Lipinski definition) is 1. The van der Waals surface area contributed by atoms with Crippen molar-refractivity contribution < 1.29 is 22.1 Å². The van der Waals surface area contributed by atoms with Gasteiger partial charge in [-0.3, -0.25) is 15.0 Å². The van der Waals surface area contributed by atoms with E-state index in [0.717, 1.165) is 24.7 Å². The number of rotatable bonds is 7. The summed E-state index contributed by atoms with van der Waals surface area (Å²) in [5.74, 6) is -3.45. The van der Waals surface area contributed by atoms with Crippen molar-refractivity contribution in [1.29, 1.82) is 0 Å². The molecule has 0 bridgehead atoms. The van der Waals surface area contributed by atoms with Crippen molar-refractivity contribution >= 4 is 21.2 Å². The van der Waals surface area contributed by atoms with Crippen LogP contribution < -0.4 is 5.32 Å². The molecule has 0 radical (unpaired) electrons. The highest BCUT2D eigenvalue weighted by Gasteiger charge is 2.33. The molecule has 0 spiro atoms. The largest absolute Gasteiger partial charge is 0.375 e. The van der Waals surface area contributed by atoms with Gasteiger partial charge in [0.1, 0.15) is 5.69 Å². The summed E-state index contributed by atoms with van der Waals surface area (Å²) in [6, 6.07) is 12.7. The maximum Gasteiger partial charge on any atom is 0.341 e. The Kier molecular flexibility index (Phi) is 6.13. The van der Waals surface area contributed by atoms with Crippen molar-refractivity contribution in [3.05, 3.63) is 64.2 Å². The molecule has 1 aliphatic heterocycles. The Morgan fingerprint density at radius 1 is 1.21 bits per heavy atom. The summed E-state index contributed by atoms with van der Waals surface area (Å²) in [6.45, 7) is 4.20. The molecule has 2 unspecified atom stereocenters. The molecule has 0 saturated carbocycles. The fourth-order valence-electron chi connectivity index (χ4n) is 3.49. The number of alkyl halides is 2. The van der Waals surface area contributed by atoms with E-state index in [2.05, 4.69) is 10.2 Å². The van der Waals surface area contributed by atoms with Crippen molar-refractivity contribution in [3.63, 3.8) is 0 Å². The molecule has 1 N–H and O–H groups in total. The molecule has 0 aliphatic carbocycles. The van der Waals surface area contributed by atoms with E-state index in [0.29, 0.717) is 12.6 Å². The summed E-state index contributed by atoms with van der Waals surface area (Å²) in [6.07, 6.45) is 0. The highest BCUT2D eigenvalue weighted by atomic mass is 32.2. The number of nitro benzene ring substituents is 1. The highest BCUT2D eigenvalue weighted by molar-refractivity contribution is 7.91. The van der Waals surface area contributed by atoms with Gasteiger partial charge in [0.15, 0.2) is 0 Å². The number of hydrogen-bond acceptors (Lipinski definition) is 6. The van der Waals surface area contributed by atoms with Crippen LogP contribution in [-0.2, 0) is 16.4 Å². The first-order valence-corrected chi connectivity index (χ1v) is 10.6. The normalized spacial score (nSPS) is 20.1. The summed E-state index contributed by atoms with van der Waals surface area (Å²) in [5.41, 5.74) is 0.731. The van der Waals surface area contributed by atoms with E-state index in [1.165, 1.54) is 6.07 Å². The number of likely N-dealkylation sites (tertiary alicyclic amines) is 1. The number of nitro groups is 1. The standard InChI is InChI=1S/C19H21F2N3O4S/c1-13-10-23(11-14-5-3-2-4-6-14)12-17(13)22-16-8-7-15(9-18(16)24(25)26)29(27,28)19(20)21/h2-9,13,17,19,22H,10-12H2,1H3. The van der Waals surface area contributed by atoms with Crippen molar-refractivity contribution in [2.75, 3.05) is 18.4 Å². The number of halogens is 2. The second-order valence-electron chi connectivity index (χ2n) is 7.15. The van der Waals surface area contributed by atoms with Crippen molar-refractivity contribution in [1.82, 2.24) is 4.90 Å². The molecule has 2 atom stereocenters. The second-order valence-corrected chi connectivity index (χ2v) is 9.07. The van der Waals surface area contributed by atoms with Gasteiger partial charge in [-0.2, -0.15) is 8.78 Å². The maximum absolute atomic E-state index is 12.8. The maximum atomic E-state index is 12.8. The van der Waals surface area contributed by atoms with Gasteiger partial charge < -0.3 is 5.32 Å². The van der Waals surface area contributed by atoms with Crippen molar-refractivity contribution in [3.8, 4) is 0 Å². The first kappa shape index (κ1) is 21.1. The Hall–Kier alpha value is -2.59. The first-order valence-electron chi connectivity index (χ1n) is 9.02. The average Bonchev–Trinajstić information content (AvgIpc) is 3.01. The zero-order valence-corrected chi connectivity index (χ0v) is 16.5. The van der Waals surface area contributed by atoms with Crippen LogP contribution in [0.2, 0.25) is 0 Å². The molecule has 156 valence electrons. The van der Waals surface area contributed by atoms with Crippen LogP contribution in [0.25, 0.3) is 0 Å². The monoisotopic (exact) mass is 425 g/mol. The lowest BCUT2D eigenvalue weighted by Crippen LogP contribution is -2.28. The third-order valence-corrected chi connectivity index (χ3v) is 6.39. The molecule has 7 nitrogen and oxygen atoms in total. The third-order valence-electron chi connectivity index (χ3n) is 5.01. The topological polar surface area (TPSA) is 92.6 Å². The molecule has 2 aromatic rings. The number of benzene rings is 2. The minimum Gasteiger partial charge on any atom is -0.375 e. The SMILES string of the molecule is CC1CN(Cc2ccccc2)CC1Nc1ccc(S(=O)(=O)C(F)F)cc1[N+](=O)[O-]. The van der Waals surface area contributed by atoms with Crippen LogP contribution in [0, 0.1) is 16.0 Å². The van der Waals surface area contributed by atoms with E-state index in [1.54, 1.807) is 0 Å². The van der Waals surface area contributed by atoms with Crippen LogP contribution in [0.15, 0.2) is 53.4 Å². The number of anilines is 1. The van der Waals surface area contributed by atoms with Crippen molar-refractivity contribution in [2.45, 2.75) is 30.2 Å². The second kappa shape index (κ2) is 8.42. The fraction of sp³-hybridized carbons (Fsp3) is 0.368.